The molecule has 0 bridgehead atoms. The zero-order chi connectivity index (χ0) is 17.7. The average molecular weight is 352 g/mol. The maximum atomic E-state index is 13.7. The van der Waals surface area contributed by atoms with Crippen LogP contribution in [0.2, 0.25) is 5.02 Å². The molecule has 2 rings (SSSR count). The monoisotopic (exact) mass is 351 g/mol. The van der Waals surface area contributed by atoms with Gasteiger partial charge >= 0.3 is 5.97 Å². The molecule has 7 heteroatoms. The summed E-state index contributed by atoms with van der Waals surface area (Å²) in [6, 6.07) is 8.20. The normalized spacial score (nSPS) is 10.7. The Morgan fingerprint density at radius 3 is 2.54 bits per heavy atom. The lowest BCUT2D eigenvalue weighted by Crippen LogP contribution is -2.12. The van der Waals surface area contributed by atoms with Gasteiger partial charge in [0.15, 0.2) is 0 Å². The quantitative estimate of drug-likeness (QED) is 0.667. The van der Waals surface area contributed by atoms with Gasteiger partial charge in [-0.3, -0.25) is 4.79 Å². The summed E-state index contributed by atoms with van der Waals surface area (Å²) in [6.07, 6.45) is 2.59. The Morgan fingerprint density at radius 2 is 1.88 bits per heavy atom. The minimum Gasteiger partial charge on any atom is -0.465 e. The van der Waals surface area contributed by atoms with Gasteiger partial charge < -0.3 is 10.1 Å². The second-order valence-corrected chi connectivity index (χ2v) is 5.05. The van der Waals surface area contributed by atoms with Crippen molar-refractivity contribution < 1.29 is 23.1 Å². The van der Waals surface area contributed by atoms with Crippen molar-refractivity contribution in [1.29, 1.82) is 0 Å². The molecule has 24 heavy (non-hydrogen) atoms. The van der Waals surface area contributed by atoms with Crippen molar-refractivity contribution in [1.82, 2.24) is 0 Å². The summed E-state index contributed by atoms with van der Waals surface area (Å²) in [5.74, 6) is -3.74. The summed E-state index contributed by atoms with van der Waals surface area (Å²) in [4.78, 5) is 23.3. The van der Waals surface area contributed by atoms with Gasteiger partial charge in [0, 0.05) is 17.2 Å². The lowest BCUT2D eigenvalue weighted by Gasteiger charge is -2.07. The van der Waals surface area contributed by atoms with Crippen LogP contribution in [0.4, 0.5) is 14.5 Å². The van der Waals surface area contributed by atoms with Crippen LogP contribution in [0, 0.1) is 11.6 Å². The predicted molar refractivity (Wildman–Crippen MR) is 86.8 cm³/mol. The Bertz CT molecular complexity index is 821. The summed E-state index contributed by atoms with van der Waals surface area (Å²) in [5.41, 5.74) is -0.223. The standard InChI is InChI=1S/C17H12ClF2NO3/c1-24-17(23)11-8-15(14(20)9-13(11)19)21-16(22)7-6-10-4-2-3-5-12(10)18/h2-9H,1H3,(H,21,22)/b7-6+. The van der Waals surface area contributed by atoms with Crippen LogP contribution in [0.3, 0.4) is 0 Å². The van der Waals surface area contributed by atoms with E-state index in [9.17, 15) is 18.4 Å². The zero-order valence-electron chi connectivity index (χ0n) is 12.5. The maximum absolute atomic E-state index is 13.7. The van der Waals surface area contributed by atoms with Crippen LogP contribution in [0.1, 0.15) is 15.9 Å². The minimum absolute atomic E-state index is 0.342. The number of carbonyl (C=O) groups excluding carboxylic acids is 2. The minimum atomic E-state index is -1.08. The second-order valence-electron chi connectivity index (χ2n) is 4.65. The highest BCUT2D eigenvalue weighted by Gasteiger charge is 2.17. The number of halogens is 3. The first-order chi connectivity index (χ1) is 11.4. The van der Waals surface area contributed by atoms with Crippen molar-refractivity contribution in [3.05, 3.63) is 70.3 Å². The van der Waals surface area contributed by atoms with E-state index in [1.54, 1.807) is 24.3 Å². The molecule has 0 aliphatic heterocycles. The molecule has 4 nitrogen and oxygen atoms in total. The molecule has 1 amide bonds. The molecule has 0 aliphatic carbocycles. The SMILES string of the molecule is COC(=O)c1cc(NC(=O)/C=C/c2ccccc2Cl)c(F)cc1F. The van der Waals surface area contributed by atoms with Crippen molar-refractivity contribution in [2.24, 2.45) is 0 Å². The highest BCUT2D eigenvalue weighted by molar-refractivity contribution is 6.32. The number of anilines is 1. The van der Waals surface area contributed by atoms with E-state index in [4.69, 9.17) is 11.6 Å². The number of nitrogens with one attached hydrogen (secondary N) is 1. The number of ether oxygens (including phenoxy) is 1. The van der Waals surface area contributed by atoms with Crippen LogP contribution in [0.15, 0.2) is 42.5 Å². The summed E-state index contributed by atoms with van der Waals surface area (Å²) in [7, 11) is 1.07. The van der Waals surface area contributed by atoms with Crippen molar-refractivity contribution in [2.45, 2.75) is 0 Å². The highest BCUT2D eigenvalue weighted by Crippen LogP contribution is 2.21. The fourth-order valence-electron chi connectivity index (χ4n) is 1.86. The van der Waals surface area contributed by atoms with Crippen molar-refractivity contribution >= 4 is 35.2 Å². The third-order valence-corrected chi connectivity index (χ3v) is 3.38. The molecule has 124 valence electrons. The van der Waals surface area contributed by atoms with Crippen LogP contribution in [-0.4, -0.2) is 19.0 Å². The third kappa shape index (κ3) is 4.17. The maximum Gasteiger partial charge on any atom is 0.340 e. The molecule has 0 saturated heterocycles. The van der Waals surface area contributed by atoms with Crippen molar-refractivity contribution in [3.8, 4) is 0 Å². The summed E-state index contributed by atoms with van der Waals surface area (Å²) >= 11 is 5.95. The summed E-state index contributed by atoms with van der Waals surface area (Å²) < 4.78 is 31.7. The number of carbonyl (C=O) groups is 2. The van der Waals surface area contributed by atoms with E-state index in [1.165, 1.54) is 6.08 Å². The van der Waals surface area contributed by atoms with E-state index in [-0.39, 0.29) is 5.69 Å². The van der Waals surface area contributed by atoms with Crippen LogP contribution in [0.5, 0.6) is 0 Å². The van der Waals surface area contributed by atoms with Gasteiger partial charge in [-0.05, 0) is 23.8 Å². The van der Waals surface area contributed by atoms with E-state index < -0.39 is 29.1 Å². The molecule has 2 aromatic rings. The second kappa shape index (κ2) is 7.70. The summed E-state index contributed by atoms with van der Waals surface area (Å²) in [6.45, 7) is 0. The molecule has 0 unspecified atom stereocenters. The predicted octanol–water partition coefficient (Wildman–Crippen LogP) is 4.06. The molecule has 0 aromatic heterocycles. The summed E-state index contributed by atoms with van der Waals surface area (Å²) in [5, 5.41) is 2.67. The Hall–Kier alpha value is -2.73. The largest absolute Gasteiger partial charge is 0.465 e. The number of hydrogen-bond donors (Lipinski definition) is 1. The molecular weight excluding hydrogens is 340 g/mol. The Balaban J connectivity index is 2.20. The number of methoxy groups -OCH3 is 1. The smallest absolute Gasteiger partial charge is 0.340 e. The molecule has 1 N–H and O–H groups in total. The topological polar surface area (TPSA) is 55.4 Å². The van der Waals surface area contributed by atoms with Gasteiger partial charge in [-0.15, -0.1) is 0 Å². The van der Waals surface area contributed by atoms with Crippen molar-refractivity contribution in [3.63, 3.8) is 0 Å². The van der Waals surface area contributed by atoms with Gasteiger partial charge in [0.25, 0.3) is 0 Å². The molecule has 0 heterocycles. The van der Waals surface area contributed by atoms with Crippen molar-refractivity contribution in [2.75, 3.05) is 12.4 Å². The molecule has 0 spiro atoms. The number of hydrogen-bond acceptors (Lipinski definition) is 3. The number of rotatable bonds is 4. The van der Waals surface area contributed by atoms with E-state index in [2.05, 4.69) is 10.1 Å². The Labute approximate surface area is 141 Å². The number of esters is 1. The van der Waals surface area contributed by atoms with E-state index in [1.807, 2.05) is 0 Å². The third-order valence-electron chi connectivity index (χ3n) is 3.04. The molecule has 0 radical (unpaired) electrons. The Kier molecular flexibility index (Phi) is 5.65. The molecule has 0 saturated carbocycles. The zero-order valence-corrected chi connectivity index (χ0v) is 13.2. The van der Waals surface area contributed by atoms with E-state index in [0.29, 0.717) is 16.7 Å². The first-order valence-corrected chi connectivity index (χ1v) is 7.11. The van der Waals surface area contributed by atoms with Crippen LogP contribution in [0.25, 0.3) is 6.08 Å². The fourth-order valence-corrected chi connectivity index (χ4v) is 2.06. The molecule has 0 aliphatic rings. The van der Waals surface area contributed by atoms with Gasteiger partial charge in [0.2, 0.25) is 5.91 Å². The highest BCUT2D eigenvalue weighted by atomic mass is 35.5. The van der Waals surface area contributed by atoms with Crippen LogP contribution < -0.4 is 5.32 Å². The lowest BCUT2D eigenvalue weighted by molar-refractivity contribution is -0.111. The Morgan fingerprint density at radius 1 is 1.17 bits per heavy atom. The first kappa shape index (κ1) is 17.6. The van der Waals surface area contributed by atoms with E-state index in [0.717, 1.165) is 19.3 Å². The van der Waals surface area contributed by atoms with Crippen LogP contribution >= 0.6 is 11.6 Å². The number of benzene rings is 2. The van der Waals surface area contributed by atoms with Gasteiger partial charge in [-0.1, -0.05) is 29.8 Å². The fraction of sp³-hybridized carbons (Fsp3) is 0.0588. The molecular formula is C17H12ClF2NO3. The van der Waals surface area contributed by atoms with Gasteiger partial charge in [-0.2, -0.15) is 0 Å². The van der Waals surface area contributed by atoms with Gasteiger partial charge in [0.1, 0.15) is 11.6 Å². The molecule has 2 aromatic carbocycles. The lowest BCUT2D eigenvalue weighted by atomic mass is 10.1. The number of amides is 1. The molecule has 0 fully saturated rings. The van der Waals surface area contributed by atoms with Gasteiger partial charge in [-0.25, -0.2) is 13.6 Å². The first-order valence-electron chi connectivity index (χ1n) is 6.73. The van der Waals surface area contributed by atoms with E-state index >= 15 is 0 Å². The molecule has 0 atom stereocenters. The van der Waals surface area contributed by atoms with Crippen LogP contribution in [-0.2, 0) is 9.53 Å². The average Bonchev–Trinajstić information content (AvgIpc) is 2.56. The van der Waals surface area contributed by atoms with Gasteiger partial charge in [0.05, 0.1) is 18.4 Å².